The highest BCUT2D eigenvalue weighted by molar-refractivity contribution is 5.67. The summed E-state index contributed by atoms with van der Waals surface area (Å²) in [6, 6.07) is 0. The van der Waals surface area contributed by atoms with Crippen LogP contribution in [0.25, 0.3) is 0 Å². The third-order valence-corrected chi connectivity index (χ3v) is 3.16. The van der Waals surface area contributed by atoms with E-state index < -0.39 is 36.0 Å². The molecule has 0 N–H and O–H groups in total. The third-order valence-electron chi connectivity index (χ3n) is 3.16. The molecule has 0 spiro atoms. The van der Waals surface area contributed by atoms with Gasteiger partial charge < -0.3 is 23.7 Å². The van der Waals surface area contributed by atoms with Crippen LogP contribution in [0.3, 0.4) is 0 Å². The fourth-order valence-electron chi connectivity index (χ4n) is 2.05. The van der Waals surface area contributed by atoms with Gasteiger partial charge in [-0.2, -0.15) is 0 Å². The van der Waals surface area contributed by atoms with Crippen LogP contribution >= 0.6 is 0 Å². The van der Waals surface area contributed by atoms with E-state index >= 15 is 0 Å². The second-order valence-corrected chi connectivity index (χ2v) is 4.45. The summed E-state index contributed by atoms with van der Waals surface area (Å²) >= 11 is 0. The van der Waals surface area contributed by atoms with Crippen molar-refractivity contribution in [1.29, 1.82) is 0 Å². The van der Waals surface area contributed by atoms with Gasteiger partial charge in [0.15, 0.2) is 6.10 Å². The maximum absolute atomic E-state index is 11.2. The van der Waals surface area contributed by atoms with Crippen LogP contribution in [0.4, 0.5) is 0 Å². The number of methoxy groups -OCH3 is 2. The van der Waals surface area contributed by atoms with Crippen molar-refractivity contribution >= 4 is 11.9 Å². The fraction of sp³-hybridized carbons (Fsp3) is 0.833. The van der Waals surface area contributed by atoms with Crippen molar-refractivity contribution in [2.24, 2.45) is 0 Å². The van der Waals surface area contributed by atoms with Crippen LogP contribution in [-0.4, -0.2) is 56.9 Å². The zero-order chi connectivity index (χ0) is 14.6. The van der Waals surface area contributed by atoms with Crippen LogP contribution in [0.1, 0.15) is 20.8 Å². The highest BCUT2D eigenvalue weighted by atomic mass is 16.7. The summed E-state index contributed by atoms with van der Waals surface area (Å²) in [5.41, 5.74) is -0.973. The van der Waals surface area contributed by atoms with Crippen LogP contribution in [-0.2, 0) is 33.3 Å². The fourth-order valence-corrected chi connectivity index (χ4v) is 2.05. The van der Waals surface area contributed by atoms with E-state index in [1.165, 1.54) is 28.1 Å². The van der Waals surface area contributed by atoms with E-state index in [0.717, 1.165) is 0 Å². The molecule has 4 atom stereocenters. The monoisotopic (exact) mass is 276 g/mol. The van der Waals surface area contributed by atoms with Crippen molar-refractivity contribution in [2.45, 2.75) is 44.9 Å². The van der Waals surface area contributed by atoms with Crippen LogP contribution in [0.5, 0.6) is 0 Å². The maximum atomic E-state index is 11.2. The number of hydrogen-bond acceptors (Lipinski definition) is 7. The molecule has 0 bridgehead atoms. The van der Waals surface area contributed by atoms with Crippen molar-refractivity contribution in [3.05, 3.63) is 0 Å². The molecule has 0 amide bonds. The molecular formula is C12H20O7. The largest absolute Gasteiger partial charge is 0.453 e. The summed E-state index contributed by atoms with van der Waals surface area (Å²) in [4.78, 5) is 22.3. The van der Waals surface area contributed by atoms with Gasteiger partial charge in [-0.15, -0.1) is 0 Å². The average Bonchev–Trinajstić information content (AvgIpc) is 2.33. The van der Waals surface area contributed by atoms with Gasteiger partial charge in [-0.3, -0.25) is 9.59 Å². The van der Waals surface area contributed by atoms with E-state index in [4.69, 9.17) is 23.7 Å². The first-order chi connectivity index (χ1) is 8.85. The SMILES string of the molecule is COC1COC(OC(C)=O)C(OC(C)=O)C1(C)OC. The van der Waals surface area contributed by atoms with Gasteiger partial charge in [0, 0.05) is 28.1 Å². The molecule has 0 radical (unpaired) electrons. The van der Waals surface area contributed by atoms with Gasteiger partial charge in [-0.05, 0) is 6.92 Å². The van der Waals surface area contributed by atoms with Crippen molar-refractivity contribution in [1.82, 2.24) is 0 Å². The molecule has 0 saturated carbocycles. The quantitative estimate of drug-likeness (QED) is 0.681. The van der Waals surface area contributed by atoms with Crippen molar-refractivity contribution < 1.29 is 33.3 Å². The minimum absolute atomic E-state index is 0.163. The number of carbonyl (C=O) groups excluding carboxylic acids is 2. The summed E-state index contributed by atoms with van der Waals surface area (Å²) < 4.78 is 26.3. The van der Waals surface area contributed by atoms with Crippen LogP contribution in [0.15, 0.2) is 0 Å². The summed E-state index contributed by atoms with van der Waals surface area (Å²) in [6.07, 6.45) is -2.37. The molecule has 1 rings (SSSR count). The smallest absolute Gasteiger partial charge is 0.305 e. The predicted molar refractivity (Wildman–Crippen MR) is 63.3 cm³/mol. The molecule has 1 saturated heterocycles. The van der Waals surface area contributed by atoms with Gasteiger partial charge in [0.25, 0.3) is 0 Å². The van der Waals surface area contributed by atoms with Crippen LogP contribution in [0.2, 0.25) is 0 Å². The Morgan fingerprint density at radius 2 is 1.74 bits per heavy atom. The Bertz CT molecular complexity index is 343. The Balaban J connectivity index is 3.02. The lowest BCUT2D eigenvalue weighted by Gasteiger charge is -2.46. The Hall–Kier alpha value is -1.18. The number of carbonyl (C=O) groups is 2. The molecule has 7 heteroatoms. The number of esters is 2. The molecule has 1 fully saturated rings. The third kappa shape index (κ3) is 3.43. The van der Waals surface area contributed by atoms with E-state index in [1.54, 1.807) is 6.92 Å². The molecule has 1 heterocycles. The summed E-state index contributed by atoms with van der Waals surface area (Å²) in [5.74, 6) is -1.05. The second kappa shape index (κ2) is 6.31. The molecule has 19 heavy (non-hydrogen) atoms. The van der Waals surface area contributed by atoms with Gasteiger partial charge >= 0.3 is 11.9 Å². The Labute approximate surface area is 112 Å². The first-order valence-corrected chi connectivity index (χ1v) is 5.89. The Morgan fingerprint density at radius 3 is 2.16 bits per heavy atom. The van der Waals surface area contributed by atoms with Gasteiger partial charge in [0.2, 0.25) is 6.29 Å². The molecule has 0 aromatic heterocycles. The minimum Gasteiger partial charge on any atom is -0.453 e. The summed E-state index contributed by atoms with van der Waals surface area (Å²) in [5, 5.41) is 0. The molecular weight excluding hydrogens is 256 g/mol. The second-order valence-electron chi connectivity index (χ2n) is 4.45. The Kier molecular flexibility index (Phi) is 5.28. The standard InChI is InChI=1S/C12H20O7/c1-7(13)18-10-11(19-8(2)14)17-6-9(15-4)12(10,3)16-5/h9-11H,6H2,1-5H3. The molecule has 1 aliphatic rings. The zero-order valence-electron chi connectivity index (χ0n) is 11.8. The van der Waals surface area contributed by atoms with E-state index in [9.17, 15) is 9.59 Å². The van der Waals surface area contributed by atoms with Crippen molar-refractivity contribution in [3.63, 3.8) is 0 Å². The van der Waals surface area contributed by atoms with E-state index in [2.05, 4.69) is 0 Å². The molecule has 0 aromatic carbocycles. The van der Waals surface area contributed by atoms with Gasteiger partial charge in [-0.25, -0.2) is 0 Å². The van der Waals surface area contributed by atoms with E-state index in [-0.39, 0.29) is 6.61 Å². The molecule has 0 aromatic rings. The summed E-state index contributed by atoms with van der Waals surface area (Å²) in [6.45, 7) is 4.39. The number of ether oxygens (including phenoxy) is 5. The lowest BCUT2D eigenvalue weighted by Crippen LogP contribution is -2.64. The van der Waals surface area contributed by atoms with Gasteiger partial charge in [0.05, 0.1) is 6.61 Å². The minimum atomic E-state index is -1.02. The Morgan fingerprint density at radius 1 is 1.16 bits per heavy atom. The maximum Gasteiger partial charge on any atom is 0.305 e. The van der Waals surface area contributed by atoms with Crippen LogP contribution < -0.4 is 0 Å². The summed E-state index contributed by atoms with van der Waals surface area (Å²) in [7, 11) is 2.97. The zero-order valence-corrected chi connectivity index (χ0v) is 11.8. The first kappa shape index (κ1) is 15.9. The highest BCUT2D eigenvalue weighted by Gasteiger charge is 2.54. The lowest BCUT2D eigenvalue weighted by atomic mass is 9.89. The first-order valence-electron chi connectivity index (χ1n) is 5.89. The van der Waals surface area contributed by atoms with E-state index in [1.807, 2.05) is 0 Å². The topological polar surface area (TPSA) is 80.3 Å². The molecule has 4 unspecified atom stereocenters. The van der Waals surface area contributed by atoms with Gasteiger partial charge in [-0.1, -0.05) is 0 Å². The highest BCUT2D eigenvalue weighted by Crippen LogP contribution is 2.33. The molecule has 7 nitrogen and oxygen atoms in total. The van der Waals surface area contributed by atoms with Crippen molar-refractivity contribution in [2.75, 3.05) is 20.8 Å². The number of hydrogen-bond donors (Lipinski definition) is 0. The van der Waals surface area contributed by atoms with Gasteiger partial charge in [0.1, 0.15) is 11.7 Å². The molecule has 110 valence electrons. The lowest BCUT2D eigenvalue weighted by molar-refractivity contribution is -0.304. The predicted octanol–water partition coefficient (Wildman–Crippen LogP) is 0.258. The van der Waals surface area contributed by atoms with Crippen molar-refractivity contribution in [3.8, 4) is 0 Å². The average molecular weight is 276 g/mol. The normalized spacial score (nSPS) is 34.7. The van der Waals surface area contributed by atoms with Crippen LogP contribution in [0, 0.1) is 0 Å². The number of rotatable bonds is 4. The molecule has 0 aliphatic carbocycles. The van der Waals surface area contributed by atoms with E-state index in [0.29, 0.717) is 0 Å². The molecule has 1 aliphatic heterocycles.